The van der Waals surface area contributed by atoms with Crippen LogP contribution < -0.4 is 11.1 Å². The molecular weight excluding hydrogens is 443 g/mol. The lowest BCUT2D eigenvalue weighted by atomic mass is 10.0. The molecule has 146 valence electrons. The molecule has 1 unspecified atom stereocenters. The van der Waals surface area contributed by atoms with Crippen LogP contribution in [-0.2, 0) is 4.74 Å². The minimum Gasteiger partial charge on any atom is -0.450 e. The first-order valence-electron chi connectivity index (χ1n) is 9.04. The number of nitrogens with zero attached hydrogens (tertiary/aromatic N) is 2. The van der Waals surface area contributed by atoms with Crippen molar-refractivity contribution in [2.45, 2.75) is 45.6 Å². The maximum absolute atomic E-state index is 11.7. The fourth-order valence-corrected chi connectivity index (χ4v) is 2.91. The second kappa shape index (κ2) is 11.3. The molecule has 0 bridgehead atoms. The third kappa shape index (κ3) is 7.01. The molecule has 26 heavy (non-hydrogen) atoms. The minimum absolute atomic E-state index is 0. The minimum atomic E-state index is -0.227. The van der Waals surface area contributed by atoms with E-state index in [-0.39, 0.29) is 36.1 Å². The number of rotatable bonds is 5. The molecule has 0 aliphatic carbocycles. The summed E-state index contributed by atoms with van der Waals surface area (Å²) in [5.41, 5.74) is 8.56. The number of guanidine groups is 1. The molecule has 1 atom stereocenters. The lowest BCUT2D eigenvalue weighted by Crippen LogP contribution is -2.48. The van der Waals surface area contributed by atoms with E-state index in [1.807, 2.05) is 6.92 Å². The van der Waals surface area contributed by atoms with Crippen molar-refractivity contribution in [2.75, 3.05) is 26.2 Å². The third-order valence-corrected chi connectivity index (χ3v) is 4.55. The lowest BCUT2D eigenvalue weighted by molar-refractivity contribution is 0.0963. The summed E-state index contributed by atoms with van der Waals surface area (Å²) in [4.78, 5) is 17.9. The first-order valence-corrected chi connectivity index (χ1v) is 9.04. The second-order valence-corrected chi connectivity index (χ2v) is 6.64. The molecule has 7 heteroatoms. The normalized spacial score (nSPS) is 16.6. The van der Waals surface area contributed by atoms with Crippen molar-refractivity contribution in [1.82, 2.24) is 10.2 Å². The van der Waals surface area contributed by atoms with E-state index in [1.165, 1.54) is 11.1 Å². The largest absolute Gasteiger partial charge is 0.450 e. The predicted molar refractivity (Wildman–Crippen MR) is 116 cm³/mol. The van der Waals surface area contributed by atoms with Gasteiger partial charge in [-0.3, -0.25) is 4.99 Å². The maximum Gasteiger partial charge on any atom is 0.409 e. The van der Waals surface area contributed by atoms with Gasteiger partial charge in [-0.15, -0.1) is 24.0 Å². The van der Waals surface area contributed by atoms with Crippen LogP contribution in [0, 0.1) is 6.92 Å². The molecular formula is C19H31IN4O2. The number of hydrogen-bond donors (Lipinski definition) is 2. The molecule has 1 saturated heterocycles. The van der Waals surface area contributed by atoms with Crippen molar-refractivity contribution in [2.24, 2.45) is 10.7 Å². The summed E-state index contributed by atoms with van der Waals surface area (Å²) in [6, 6.07) is 8.78. The number of halogens is 1. The highest BCUT2D eigenvalue weighted by Crippen LogP contribution is 2.16. The van der Waals surface area contributed by atoms with Crippen molar-refractivity contribution in [1.29, 1.82) is 0 Å². The van der Waals surface area contributed by atoms with Crippen LogP contribution in [0.25, 0.3) is 0 Å². The van der Waals surface area contributed by atoms with Gasteiger partial charge < -0.3 is 20.7 Å². The standard InChI is InChI=1S/C19H30N4O2.HI/c1-4-25-19(24)23-11-9-17(10-12-23)22-18(20)21-13-15(3)16-7-5-14(2)6-8-16;/h5-8,15,17H,4,9-13H2,1-3H3,(H3,20,21,22);1H. The van der Waals surface area contributed by atoms with Crippen molar-refractivity contribution >= 4 is 36.0 Å². The van der Waals surface area contributed by atoms with Crippen molar-refractivity contribution < 1.29 is 9.53 Å². The summed E-state index contributed by atoms with van der Waals surface area (Å²) in [6.45, 7) is 8.49. The van der Waals surface area contributed by atoms with Crippen LogP contribution in [0.3, 0.4) is 0 Å². The molecule has 1 fully saturated rings. The molecule has 1 aromatic rings. The number of amides is 1. The van der Waals surface area contributed by atoms with Crippen molar-refractivity contribution in [3.05, 3.63) is 35.4 Å². The van der Waals surface area contributed by atoms with E-state index in [1.54, 1.807) is 4.90 Å². The smallest absolute Gasteiger partial charge is 0.409 e. The number of likely N-dealkylation sites (tertiary alicyclic amines) is 1. The number of aliphatic imine (C=N–C) groups is 1. The van der Waals surface area contributed by atoms with Crippen LogP contribution in [0.4, 0.5) is 4.79 Å². The number of piperidine rings is 1. The topological polar surface area (TPSA) is 80.0 Å². The van der Waals surface area contributed by atoms with E-state index in [4.69, 9.17) is 10.5 Å². The SMILES string of the molecule is CCOC(=O)N1CCC(NC(N)=NCC(C)c2ccc(C)cc2)CC1.I. The number of carbonyl (C=O) groups is 1. The molecule has 0 spiro atoms. The fourth-order valence-electron chi connectivity index (χ4n) is 2.91. The zero-order chi connectivity index (χ0) is 18.2. The van der Waals surface area contributed by atoms with Crippen molar-refractivity contribution in [3.8, 4) is 0 Å². The fraction of sp³-hybridized carbons (Fsp3) is 0.579. The van der Waals surface area contributed by atoms with E-state index in [0.717, 1.165) is 12.8 Å². The van der Waals surface area contributed by atoms with Gasteiger partial charge in [0.2, 0.25) is 0 Å². The molecule has 2 rings (SSSR count). The Hall–Kier alpha value is -1.51. The Balaban J connectivity index is 0.00000338. The van der Waals surface area contributed by atoms with E-state index in [2.05, 4.69) is 48.4 Å². The van der Waals surface area contributed by atoms with Gasteiger partial charge in [0.05, 0.1) is 6.61 Å². The van der Waals surface area contributed by atoms with Crippen LogP contribution in [0.2, 0.25) is 0 Å². The Morgan fingerprint density at radius 2 is 1.96 bits per heavy atom. The molecule has 3 N–H and O–H groups in total. The highest BCUT2D eigenvalue weighted by Gasteiger charge is 2.23. The Labute approximate surface area is 173 Å². The number of nitrogens with two attached hydrogens (primary N) is 1. The van der Waals surface area contributed by atoms with Gasteiger partial charge in [0.15, 0.2) is 5.96 Å². The maximum atomic E-state index is 11.7. The third-order valence-electron chi connectivity index (χ3n) is 4.55. The molecule has 1 amide bonds. The Morgan fingerprint density at radius 3 is 2.54 bits per heavy atom. The monoisotopic (exact) mass is 474 g/mol. The number of benzene rings is 1. The van der Waals surface area contributed by atoms with E-state index < -0.39 is 0 Å². The van der Waals surface area contributed by atoms with Gasteiger partial charge >= 0.3 is 6.09 Å². The average Bonchev–Trinajstić information content (AvgIpc) is 2.61. The highest BCUT2D eigenvalue weighted by atomic mass is 127. The molecule has 1 aliphatic heterocycles. The summed E-state index contributed by atoms with van der Waals surface area (Å²) >= 11 is 0. The molecule has 1 heterocycles. The van der Waals surface area contributed by atoms with Crippen LogP contribution in [0.5, 0.6) is 0 Å². The molecule has 0 saturated carbocycles. The van der Waals surface area contributed by atoms with Gasteiger partial charge in [-0.25, -0.2) is 4.79 Å². The van der Waals surface area contributed by atoms with Crippen LogP contribution in [0.15, 0.2) is 29.3 Å². The van der Waals surface area contributed by atoms with E-state index >= 15 is 0 Å². The van der Waals surface area contributed by atoms with Gasteiger partial charge in [-0.05, 0) is 32.3 Å². The van der Waals surface area contributed by atoms with Crippen LogP contribution >= 0.6 is 24.0 Å². The van der Waals surface area contributed by atoms with Gasteiger partial charge in [-0.2, -0.15) is 0 Å². The number of hydrogen-bond acceptors (Lipinski definition) is 3. The van der Waals surface area contributed by atoms with Gasteiger partial charge in [-0.1, -0.05) is 36.8 Å². The molecule has 1 aromatic carbocycles. The Kier molecular flexibility index (Phi) is 9.75. The molecule has 0 radical (unpaired) electrons. The van der Waals surface area contributed by atoms with Crippen LogP contribution in [-0.4, -0.2) is 49.2 Å². The Bertz CT molecular complexity index is 584. The van der Waals surface area contributed by atoms with E-state index in [9.17, 15) is 4.79 Å². The summed E-state index contributed by atoms with van der Waals surface area (Å²) in [6.07, 6.45) is 1.47. The van der Waals surface area contributed by atoms with Gasteiger partial charge in [0.1, 0.15) is 0 Å². The predicted octanol–water partition coefficient (Wildman–Crippen LogP) is 3.24. The average molecular weight is 474 g/mol. The Morgan fingerprint density at radius 1 is 1.35 bits per heavy atom. The van der Waals surface area contributed by atoms with Crippen LogP contribution in [0.1, 0.15) is 43.7 Å². The summed E-state index contributed by atoms with van der Waals surface area (Å²) in [5.74, 6) is 0.806. The van der Waals surface area contributed by atoms with Crippen molar-refractivity contribution in [3.63, 3.8) is 0 Å². The highest BCUT2D eigenvalue weighted by molar-refractivity contribution is 14.0. The second-order valence-electron chi connectivity index (χ2n) is 6.64. The number of aryl methyl sites for hydroxylation is 1. The number of ether oxygens (including phenoxy) is 1. The molecule has 1 aliphatic rings. The molecule has 0 aromatic heterocycles. The summed E-state index contributed by atoms with van der Waals surface area (Å²) in [7, 11) is 0. The first-order chi connectivity index (χ1) is 12.0. The molecule has 6 nitrogen and oxygen atoms in total. The number of carbonyl (C=O) groups excluding carboxylic acids is 1. The zero-order valence-electron chi connectivity index (χ0n) is 15.9. The quantitative estimate of drug-likeness (QED) is 0.390. The lowest BCUT2D eigenvalue weighted by Gasteiger charge is -2.31. The van der Waals surface area contributed by atoms with E-state index in [0.29, 0.717) is 38.1 Å². The van der Waals surface area contributed by atoms with Gasteiger partial charge in [0.25, 0.3) is 0 Å². The first kappa shape index (κ1) is 22.5. The summed E-state index contributed by atoms with van der Waals surface area (Å²) < 4.78 is 5.03. The number of nitrogens with one attached hydrogen (secondary N) is 1. The summed E-state index contributed by atoms with van der Waals surface area (Å²) in [5, 5.41) is 3.28. The zero-order valence-corrected chi connectivity index (χ0v) is 18.2. The van der Waals surface area contributed by atoms with Gasteiger partial charge in [0, 0.05) is 31.6 Å².